The second-order valence-corrected chi connectivity index (χ2v) is 8.77. The van der Waals surface area contributed by atoms with Crippen molar-refractivity contribution in [1.29, 1.82) is 0 Å². The number of piperidine rings is 1. The number of aliphatic hydroxyl groups is 1. The molecular weight excluding hydrogens is 348 g/mol. The molecular formula is C23H34N4O. The Morgan fingerprint density at radius 2 is 1.86 bits per heavy atom. The van der Waals surface area contributed by atoms with Crippen LogP contribution in [0.2, 0.25) is 0 Å². The summed E-state index contributed by atoms with van der Waals surface area (Å²) in [5.74, 6) is 0.405. The van der Waals surface area contributed by atoms with E-state index in [1.54, 1.807) is 0 Å². The molecule has 5 heteroatoms. The number of benzene rings is 1. The average Bonchev–Trinajstić information content (AvgIpc) is 3.24. The van der Waals surface area contributed by atoms with Crippen molar-refractivity contribution < 1.29 is 5.11 Å². The van der Waals surface area contributed by atoms with E-state index in [1.807, 2.05) is 4.68 Å². The van der Waals surface area contributed by atoms with Gasteiger partial charge in [-0.15, -0.1) is 0 Å². The van der Waals surface area contributed by atoms with Gasteiger partial charge in [0.1, 0.15) is 0 Å². The van der Waals surface area contributed by atoms with E-state index in [1.165, 1.54) is 24.0 Å². The first-order valence-electron chi connectivity index (χ1n) is 10.7. The molecule has 1 aromatic heterocycles. The topological polar surface area (TPSA) is 44.5 Å². The summed E-state index contributed by atoms with van der Waals surface area (Å²) in [5.41, 5.74) is 4.17. The molecule has 2 aliphatic rings. The van der Waals surface area contributed by atoms with Crippen molar-refractivity contribution in [1.82, 2.24) is 19.6 Å². The first-order chi connectivity index (χ1) is 13.6. The molecule has 28 heavy (non-hydrogen) atoms. The van der Waals surface area contributed by atoms with Gasteiger partial charge in [-0.1, -0.05) is 30.3 Å². The molecule has 1 unspecified atom stereocenters. The number of likely N-dealkylation sites (tertiary alicyclic amines) is 2. The molecule has 2 aliphatic heterocycles. The molecule has 0 bridgehead atoms. The molecule has 3 heterocycles. The van der Waals surface area contributed by atoms with Crippen molar-refractivity contribution in [2.24, 2.45) is 11.3 Å². The average molecular weight is 383 g/mol. The number of aliphatic hydroxyl groups excluding tert-OH is 1. The minimum atomic E-state index is 0.280. The summed E-state index contributed by atoms with van der Waals surface area (Å²) < 4.78 is 2.04. The quantitative estimate of drug-likeness (QED) is 0.834. The molecule has 4 rings (SSSR count). The number of rotatable bonds is 6. The van der Waals surface area contributed by atoms with Crippen molar-refractivity contribution in [3.05, 3.63) is 53.3 Å². The van der Waals surface area contributed by atoms with Crippen molar-refractivity contribution in [2.75, 3.05) is 32.8 Å². The van der Waals surface area contributed by atoms with Crippen LogP contribution in [-0.2, 0) is 19.6 Å². The van der Waals surface area contributed by atoms with E-state index in [-0.39, 0.29) is 5.41 Å². The van der Waals surface area contributed by atoms with E-state index >= 15 is 0 Å². The van der Waals surface area contributed by atoms with E-state index in [0.717, 1.165) is 51.5 Å². The van der Waals surface area contributed by atoms with Gasteiger partial charge in [-0.2, -0.15) is 5.10 Å². The maximum atomic E-state index is 10.1. The maximum Gasteiger partial charge on any atom is 0.0638 e. The molecule has 152 valence electrons. The monoisotopic (exact) mass is 382 g/mol. The molecule has 1 N–H and O–H groups in total. The molecule has 0 amide bonds. The molecule has 0 aliphatic carbocycles. The summed E-state index contributed by atoms with van der Waals surface area (Å²) >= 11 is 0. The van der Waals surface area contributed by atoms with Gasteiger partial charge in [0.25, 0.3) is 0 Å². The van der Waals surface area contributed by atoms with E-state index in [4.69, 9.17) is 0 Å². The summed E-state index contributed by atoms with van der Waals surface area (Å²) in [4.78, 5) is 5.13. The lowest BCUT2D eigenvalue weighted by molar-refractivity contribution is 0.0481. The maximum absolute atomic E-state index is 10.1. The molecule has 0 radical (unpaired) electrons. The highest BCUT2D eigenvalue weighted by molar-refractivity contribution is 5.16. The highest BCUT2D eigenvalue weighted by atomic mass is 16.3. The SMILES string of the molecule is CCn1cc(CN2CCC3(CC2)CN(Cc2ccccc2)CC3CO)c(C)n1. The predicted molar refractivity (Wildman–Crippen MR) is 112 cm³/mol. The third-order valence-corrected chi connectivity index (χ3v) is 6.97. The largest absolute Gasteiger partial charge is 0.396 e. The lowest BCUT2D eigenvalue weighted by atomic mass is 9.71. The van der Waals surface area contributed by atoms with Crippen LogP contribution in [0.1, 0.15) is 36.6 Å². The van der Waals surface area contributed by atoms with Crippen molar-refractivity contribution in [2.45, 2.75) is 46.3 Å². The van der Waals surface area contributed by atoms with Gasteiger partial charge in [-0.05, 0) is 50.8 Å². The first-order valence-corrected chi connectivity index (χ1v) is 10.7. The zero-order chi connectivity index (χ0) is 19.6. The van der Waals surface area contributed by atoms with Gasteiger partial charge in [-0.25, -0.2) is 0 Å². The van der Waals surface area contributed by atoms with Crippen LogP contribution in [0.4, 0.5) is 0 Å². The smallest absolute Gasteiger partial charge is 0.0638 e. The first kappa shape index (κ1) is 19.6. The van der Waals surface area contributed by atoms with Crippen LogP contribution in [0.25, 0.3) is 0 Å². The lowest BCUT2D eigenvalue weighted by Crippen LogP contribution is -2.44. The number of nitrogens with zero attached hydrogens (tertiary/aromatic N) is 4. The zero-order valence-electron chi connectivity index (χ0n) is 17.3. The van der Waals surface area contributed by atoms with Gasteiger partial charge >= 0.3 is 0 Å². The van der Waals surface area contributed by atoms with Gasteiger partial charge in [-0.3, -0.25) is 14.5 Å². The second-order valence-electron chi connectivity index (χ2n) is 8.77. The van der Waals surface area contributed by atoms with Gasteiger partial charge in [0.05, 0.1) is 5.69 Å². The van der Waals surface area contributed by atoms with Crippen LogP contribution in [-0.4, -0.2) is 57.5 Å². The van der Waals surface area contributed by atoms with E-state index in [2.05, 4.69) is 65.3 Å². The Kier molecular flexibility index (Phi) is 5.85. The number of hydrogen-bond donors (Lipinski definition) is 1. The number of hydrogen-bond acceptors (Lipinski definition) is 4. The summed E-state index contributed by atoms with van der Waals surface area (Å²) in [7, 11) is 0. The Morgan fingerprint density at radius 3 is 2.50 bits per heavy atom. The summed E-state index contributed by atoms with van der Waals surface area (Å²) in [6, 6.07) is 10.7. The molecule has 0 saturated carbocycles. The molecule has 2 saturated heterocycles. The molecule has 2 aromatic rings. The molecule has 1 atom stereocenters. The minimum Gasteiger partial charge on any atom is -0.396 e. The molecule has 5 nitrogen and oxygen atoms in total. The fraction of sp³-hybridized carbons (Fsp3) is 0.609. The van der Waals surface area contributed by atoms with Crippen LogP contribution in [0, 0.1) is 18.3 Å². The summed E-state index contributed by atoms with van der Waals surface area (Å²) in [6.07, 6.45) is 4.57. The van der Waals surface area contributed by atoms with Gasteiger partial charge in [0.15, 0.2) is 0 Å². The Hall–Kier alpha value is -1.69. The highest BCUT2D eigenvalue weighted by Crippen LogP contribution is 2.45. The zero-order valence-corrected chi connectivity index (χ0v) is 17.3. The van der Waals surface area contributed by atoms with Crippen LogP contribution in [0.15, 0.2) is 36.5 Å². The van der Waals surface area contributed by atoms with E-state index in [9.17, 15) is 5.11 Å². The number of aromatic nitrogens is 2. The van der Waals surface area contributed by atoms with Gasteiger partial charge in [0, 0.05) is 57.0 Å². The third kappa shape index (κ3) is 4.02. The van der Waals surface area contributed by atoms with Crippen LogP contribution in [0.3, 0.4) is 0 Å². The Morgan fingerprint density at radius 1 is 1.11 bits per heavy atom. The standard InChI is InChI=1S/C23H34N4O/c1-3-27-15-21(19(2)24-27)14-25-11-9-23(10-12-25)18-26(16-22(23)17-28)13-20-7-5-4-6-8-20/h4-8,15,22,28H,3,9-14,16-18H2,1-2H3. The second kappa shape index (κ2) is 8.36. The van der Waals surface area contributed by atoms with E-state index < -0.39 is 0 Å². The van der Waals surface area contributed by atoms with Crippen LogP contribution in [0.5, 0.6) is 0 Å². The molecule has 2 fully saturated rings. The summed E-state index contributed by atoms with van der Waals surface area (Å²) in [5, 5.41) is 14.7. The fourth-order valence-electron chi connectivity index (χ4n) is 5.20. The third-order valence-electron chi connectivity index (χ3n) is 6.97. The van der Waals surface area contributed by atoms with Gasteiger partial charge in [0.2, 0.25) is 0 Å². The van der Waals surface area contributed by atoms with Gasteiger partial charge < -0.3 is 5.11 Å². The normalized spacial score (nSPS) is 22.9. The molecule has 1 aromatic carbocycles. The minimum absolute atomic E-state index is 0.280. The van der Waals surface area contributed by atoms with Crippen molar-refractivity contribution >= 4 is 0 Å². The Labute approximate surface area is 169 Å². The highest BCUT2D eigenvalue weighted by Gasteiger charge is 2.47. The Balaban J connectivity index is 1.37. The number of aryl methyl sites for hydroxylation is 2. The summed E-state index contributed by atoms with van der Waals surface area (Å²) in [6.45, 7) is 11.9. The van der Waals surface area contributed by atoms with Crippen molar-refractivity contribution in [3.63, 3.8) is 0 Å². The van der Waals surface area contributed by atoms with Crippen LogP contribution < -0.4 is 0 Å². The van der Waals surface area contributed by atoms with Crippen LogP contribution >= 0.6 is 0 Å². The van der Waals surface area contributed by atoms with E-state index in [0.29, 0.717) is 12.5 Å². The fourth-order valence-corrected chi connectivity index (χ4v) is 5.20. The van der Waals surface area contributed by atoms with Crippen molar-refractivity contribution in [3.8, 4) is 0 Å². The Bertz CT molecular complexity index is 764. The molecule has 1 spiro atoms. The lowest BCUT2D eigenvalue weighted by Gasteiger charge is -2.42. The predicted octanol–water partition coefficient (Wildman–Crippen LogP) is 2.92.